The van der Waals surface area contributed by atoms with Crippen LogP contribution in [0.25, 0.3) is 22.6 Å². The minimum Gasteiger partial charge on any atom is -0.255 e. The number of hydrogen-bond acceptors (Lipinski definition) is 3. The van der Waals surface area contributed by atoms with E-state index in [1.807, 2.05) is 42.5 Å². The Labute approximate surface area is 124 Å². The molecule has 0 saturated carbocycles. The first-order chi connectivity index (χ1) is 9.36. The zero-order valence-corrected chi connectivity index (χ0v) is 12.2. The highest BCUT2D eigenvalue weighted by Crippen LogP contribution is 2.30. The predicted octanol–water partition coefficient (Wildman–Crippen LogP) is 3.81. The molecule has 0 saturated heterocycles. The van der Waals surface area contributed by atoms with Crippen molar-refractivity contribution in [2.75, 3.05) is 0 Å². The lowest BCUT2D eigenvalue weighted by Crippen LogP contribution is -1.94. The molecule has 0 N–H and O–H groups in total. The molecular formula is C15H10IN3. The molecule has 0 aliphatic carbocycles. The van der Waals surface area contributed by atoms with E-state index >= 15 is 0 Å². The number of aromatic nitrogens is 3. The summed E-state index contributed by atoms with van der Waals surface area (Å²) in [5.41, 5.74) is 3.67. The van der Waals surface area contributed by atoms with Gasteiger partial charge in [0.25, 0.3) is 0 Å². The molecular weight excluding hydrogens is 349 g/mol. The number of hydrogen-bond donors (Lipinski definition) is 0. The molecule has 19 heavy (non-hydrogen) atoms. The van der Waals surface area contributed by atoms with Gasteiger partial charge >= 0.3 is 0 Å². The minimum atomic E-state index is 0.861. The van der Waals surface area contributed by atoms with E-state index in [0.717, 1.165) is 26.2 Å². The summed E-state index contributed by atoms with van der Waals surface area (Å²) in [5, 5.41) is 0. The van der Waals surface area contributed by atoms with Crippen LogP contribution < -0.4 is 0 Å². The molecule has 0 unspecified atom stereocenters. The smallest absolute Gasteiger partial charge is 0.0980 e. The highest BCUT2D eigenvalue weighted by Gasteiger charge is 2.12. The van der Waals surface area contributed by atoms with Crippen LogP contribution in [0.3, 0.4) is 0 Å². The Morgan fingerprint density at radius 1 is 0.684 bits per heavy atom. The molecule has 0 amide bonds. The molecule has 0 bridgehead atoms. The fourth-order valence-electron chi connectivity index (χ4n) is 1.89. The van der Waals surface area contributed by atoms with Gasteiger partial charge in [0.2, 0.25) is 0 Å². The lowest BCUT2D eigenvalue weighted by atomic mass is 10.1. The molecule has 3 rings (SSSR count). The van der Waals surface area contributed by atoms with Crippen LogP contribution in [0.4, 0.5) is 0 Å². The Hall–Kier alpha value is -1.82. The quantitative estimate of drug-likeness (QED) is 0.654. The van der Waals surface area contributed by atoms with Crippen LogP contribution in [-0.4, -0.2) is 15.0 Å². The third-order valence-electron chi connectivity index (χ3n) is 2.73. The van der Waals surface area contributed by atoms with Crippen LogP contribution >= 0.6 is 22.6 Å². The van der Waals surface area contributed by atoms with Gasteiger partial charge in [-0.3, -0.25) is 15.0 Å². The molecule has 0 atom stereocenters. The lowest BCUT2D eigenvalue weighted by molar-refractivity contribution is 1.23. The summed E-state index contributed by atoms with van der Waals surface area (Å²) in [5.74, 6) is 0. The van der Waals surface area contributed by atoms with Gasteiger partial charge in [-0.2, -0.15) is 0 Å². The summed E-state index contributed by atoms with van der Waals surface area (Å²) < 4.78 is 1.10. The molecule has 3 nitrogen and oxygen atoms in total. The lowest BCUT2D eigenvalue weighted by Gasteiger charge is -2.08. The van der Waals surface area contributed by atoms with E-state index in [1.165, 1.54) is 0 Å². The molecule has 0 aliphatic rings. The van der Waals surface area contributed by atoms with Crippen molar-refractivity contribution in [3.8, 4) is 22.6 Å². The molecule has 0 radical (unpaired) electrons. The summed E-state index contributed by atoms with van der Waals surface area (Å²) in [4.78, 5) is 13.3. The predicted molar refractivity (Wildman–Crippen MR) is 83.4 cm³/mol. The van der Waals surface area contributed by atoms with Gasteiger partial charge in [-0.15, -0.1) is 0 Å². The number of nitrogens with zero attached hydrogens (tertiary/aromatic N) is 3. The van der Waals surface area contributed by atoms with Gasteiger partial charge in [0.1, 0.15) is 0 Å². The highest BCUT2D eigenvalue weighted by atomic mass is 127. The topological polar surface area (TPSA) is 38.7 Å². The first-order valence-electron chi connectivity index (χ1n) is 5.83. The Morgan fingerprint density at radius 3 is 2.16 bits per heavy atom. The number of rotatable bonds is 2. The van der Waals surface area contributed by atoms with E-state index in [1.54, 1.807) is 18.6 Å². The van der Waals surface area contributed by atoms with Gasteiger partial charge in [0.15, 0.2) is 0 Å². The Kier molecular flexibility index (Phi) is 3.50. The second-order valence-corrected chi connectivity index (χ2v) is 5.11. The number of halogens is 1. The van der Waals surface area contributed by atoms with E-state index in [-0.39, 0.29) is 0 Å². The SMILES string of the molecule is Ic1cccnc1-c1cccnc1-c1ccccn1. The van der Waals surface area contributed by atoms with Crippen molar-refractivity contribution in [2.24, 2.45) is 0 Å². The van der Waals surface area contributed by atoms with Crippen LogP contribution in [0.15, 0.2) is 61.1 Å². The second-order valence-electron chi connectivity index (χ2n) is 3.95. The Balaban J connectivity index is 2.21. The molecule has 3 aromatic heterocycles. The largest absolute Gasteiger partial charge is 0.255 e. The number of pyridine rings is 3. The summed E-state index contributed by atoms with van der Waals surface area (Å²) >= 11 is 2.29. The second kappa shape index (κ2) is 5.44. The molecule has 0 aliphatic heterocycles. The van der Waals surface area contributed by atoms with Crippen molar-refractivity contribution >= 4 is 22.6 Å². The summed E-state index contributed by atoms with van der Waals surface area (Å²) in [7, 11) is 0. The normalized spacial score (nSPS) is 10.4. The molecule has 0 fully saturated rings. The fourth-order valence-corrected chi connectivity index (χ4v) is 2.52. The van der Waals surface area contributed by atoms with E-state index in [2.05, 4.69) is 37.5 Å². The molecule has 3 heterocycles. The Bertz CT molecular complexity index is 699. The van der Waals surface area contributed by atoms with Crippen LogP contribution in [0, 0.1) is 3.57 Å². The standard InChI is InChI=1S/C15H10IN3/c16-12-6-4-10-18-14(12)11-5-3-9-19-15(11)13-7-1-2-8-17-13/h1-10H. The van der Waals surface area contributed by atoms with Crippen molar-refractivity contribution in [3.05, 3.63) is 64.6 Å². The maximum absolute atomic E-state index is 4.46. The highest BCUT2D eigenvalue weighted by molar-refractivity contribution is 14.1. The first-order valence-corrected chi connectivity index (χ1v) is 6.91. The zero-order valence-electron chi connectivity index (χ0n) is 9.99. The van der Waals surface area contributed by atoms with Crippen LogP contribution in [0.5, 0.6) is 0 Å². The summed E-state index contributed by atoms with van der Waals surface area (Å²) in [6.45, 7) is 0. The van der Waals surface area contributed by atoms with E-state index < -0.39 is 0 Å². The monoisotopic (exact) mass is 359 g/mol. The van der Waals surface area contributed by atoms with E-state index in [0.29, 0.717) is 0 Å². The average Bonchev–Trinajstić information content (AvgIpc) is 2.49. The van der Waals surface area contributed by atoms with E-state index in [9.17, 15) is 0 Å². The van der Waals surface area contributed by atoms with Gasteiger partial charge in [-0.25, -0.2) is 0 Å². The van der Waals surface area contributed by atoms with Crippen LogP contribution in [0.1, 0.15) is 0 Å². The molecule has 0 spiro atoms. The van der Waals surface area contributed by atoms with E-state index in [4.69, 9.17) is 0 Å². The Morgan fingerprint density at radius 2 is 1.42 bits per heavy atom. The minimum absolute atomic E-state index is 0.861. The third kappa shape index (κ3) is 2.49. The van der Waals surface area contributed by atoms with Gasteiger partial charge < -0.3 is 0 Å². The van der Waals surface area contributed by atoms with Crippen LogP contribution in [-0.2, 0) is 0 Å². The third-order valence-corrected chi connectivity index (χ3v) is 3.60. The summed E-state index contributed by atoms with van der Waals surface area (Å²) in [6.07, 6.45) is 5.35. The maximum Gasteiger partial charge on any atom is 0.0980 e. The van der Waals surface area contributed by atoms with Gasteiger partial charge in [0, 0.05) is 27.7 Å². The van der Waals surface area contributed by atoms with Crippen molar-refractivity contribution < 1.29 is 0 Å². The molecule has 92 valence electrons. The zero-order chi connectivity index (χ0) is 13.1. The van der Waals surface area contributed by atoms with Gasteiger partial charge in [0.05, 0.1) is 17.1 Å². The molecule has 0 aromatic carbocycles. The first kappa shape index (κ1) is 12.2. The summed E-state index contributed by atoms with van der Waals surface area (Å²) in [6, 6.07) is 13.7. The fraction of sp³-hybridized carbons (Fsp3) is 0. The van der Waals surface area contributed by atoms with Crippen molar-refractivity contribution in [1.29, 1.82) is 0 Å². The van der Waals surface area contributed by atoms with Gasteiger partial charge in [-0.05, 0) is 59.0 Å². The van der Waals surface area contributed by atoms with Gasteiger partial charge in [-0.1, -0.05) is 6.07 Å². The maximum atomic E-state index is 4.46. The van der Waals surface area contributed by atoms with Crippen molar-refractivity contribution in [3.63, 3.8) is 0 Å². The van der Waals surface area contributed by atoms with Crippen molar-refractivity contribution in [1.82, 2.24) is 15.0 Å². The van der Waals surface area contributed by atoms with Crippen LogP contribution in [0.2, 0.25) is 0 Å². The molecule has 3 aromatic rings. The molecule has 4 heteroatoms. The van der Waals surface area contributed by atoms with Crippen molar-refractivity contribution in [2.45, 2.75) is 0 Å². The average molecular weight is 359 g/mol.